The molecular formula is C19H21NO2. The molecule has 0 spiro atoms. The van der Waals surface area contributed by atoms with Gasteiger partial charge in [0.2, 0.25) is 0 Å². The third kappa shape index (κ3) is 2.59. The number of ether oxygens (including phenoxy) is 1. The summed E-state index contributed by atoms with van der Waals surface area (Å²) in [6.45, 7) is 2.93. The molecule has 3 rings (SSSR count). The van der Waals surface area contributed by atoms with Crippen molar-refractivity contribution in [2.75, 3.05) is 13.7 Å². The van der Waals surface area contributed by atoms with Crippen molar-refractivity contribution < 1.29 is 9.53 Å². The fourth-order valence-electron chi connectivity index (χ4n) is 3.35. The highest BCUT2D eigenvalue weighted by Gasteiger charge is 2.35. The molecule has 1 amide bonds. The quantitative estimate of drug-likeness (QED) is 0.864. The molecule has 2 atom stereocenters. The van der Waals surface area contributed by atoms with Gasteiger partial charge in [0.25, 0.3) is 5.91 Å². The molecule has 0 radical (unpaired) electrons. The van der Waals surface area contributed by atoms with Crippen molar-refractivity contribution in [3.05, 3.63) is 65.7 Å². The number of carbonyl (C=O) groups excluding carboxylic acids is 1. The average molecular weight is 295 g/mol. The van der Waals surface area contributed by atoms with Gasteiger partial charge in [0.1, 0.15) is 5.75 Å². The Morgan fingerprint density at radius 2 is 1.77 bits per heavy atom. The summed E-state index contributed by atoms with van der Waals surface area (Å²) in [5, 5.41) is 0. The van der Waals surface area contributed by atoms with Gasteiger partial charge in [0, 0.05) is 18.5 Å². The van der Waals surface area contributed by atoms with E-state index in [1.807, 2.05) is 35.2 Å². The number of para-hydroxylation sites is 1. The minimum Gasteiger partial charge on any atom is -0.496 e. The third-order valence-corrected chi connectivity index (χ3v) is 4.58. The molecule has 2 aromatic rings. The van der Waals surface area contributed by atoms with E-state index in [0.29, 0.717) is 17.2 Å². The smallest absolute Gasteiger partial charge is 0.257 e. The largest absolute Gasteiger partial charge is 0.496 e. The molecule has 0 N–H and O–H groups in total. The molecule has 3 nitrogen and oxygen atoms in total. The van der Waals surface area contributed by atoms with Crippen LogP contribution in [0.2, 0.25) is 0 Å². The first-order chi connectivity index (χ1) is 10.7. The minimum absolute atomic E-state index is 0.0587. The zero-order valence-electron chi connectivity index (χ0n) is 13.0. The first-order valence-electron chi connectivity index (χ1n) is 7.71. The number of amides is 1. The molecule has 1 heterocycles. The van der Waals surface area contributed by atoms with Crippen LogP contribution in [0, 0.1) is 0 Å². The Kier molecular flexibility index (Phi) is 4.14. The van der Waals surface area contributed by atoms with Crippen molar-refractivity contribution in [2.45, 2.75) is 25.3 Å². The van der Waals surface area contributed by atoms with E-state index in [1.165, 1.54) is 5.56 Å². The molecule has 2 unspecified atom stereocenters. The van der Waals surface area contributed by atoms with Gasteiger partial charge < -0.3 is 9.64 Å². The molecule has 0 bridgehead atoms. The third-order valence-electron chi connectivity index (χ3n) is 4.58. The topological polar surface area (TPSA) is 29.5 Å². The number of nitrogens with zero attached hydrogens (tertiary/aromatic N) is 1. The lowest BCUT2D eigenvalue weighted by atomic mass is 9.93. The number of hydrogen-bond acceptors (Lipinski definition) is 2. The number of hydrogen-bond donors (Lipinski definition) is 0. The Balaban J connectivity index is 1.83. The average Bonchev–Trinajstić information content (AvgIpc) is 2.96. The van der Waals surface area contributed by atoms with Crippen molar-refractivity contribution in [1.29, 1.82) is 0 Å². The molecule has 1 aliphatic heterocycles. The van der Waals surface area contributed by atoms with Gasteiger partial charge in [-0.2, -0.15) is 0 Å². The molecule has 3 heteroatoms. The van der Waals surface area contributed by atoms with Gasteiger partial charge in [-0.05, 0) is 31.0 Å². The van der Waals surface area contributed by atoms with E-state index in [-0.39, 0.29) is 11.9 Å². The normalized spacial score (nSPS) is 20.9. The first kappa shape index (κ1) is 14.6. The van der Waals surface area contributed by atoms with Crippen LogP contribution in [0.15, 0.2) is 54.6 Å². The van der Waals surface area contributed by atoms with Crippen molar-refractivity contribution in [1.82, 2.24) is 4.90 Å². The van der Waals surface area contributed by atoms with E-state index in [1.54, 1.807) is 7.11 Å². The lowest BCUT2D eigenvalue weighted by molar-refractivity contribution is 0.0739. The fraction of sp³-hybridized carbons (Fsp3) is 0.316. The summed E-state index contributed by atoms with van der Waals surface area (Å²) in [5.41, 5.74) is 1.95. The SMILES string of the molecule is COc1ccccc1C(=O)N1CCC(c2ccccc2)C1C. The van der Waals surface area contributed by atoms with E-state index in [0.717, 1.165) is 13.0 Å². The second-order valence-corrected chi connectivity index (χ2v) is 5.75. The number of carbonyl (C=O) groups is 1. The molecule has 1 aliphatic rings. The van der Waals surface area contributed by atoms with E-state index < -0.39 is 0 Å². The molecule has 2 aromatic carbocycles. The van der Waals surface area contributed by atoms with Crippen LogP contribution < -0.4 is 4.74 Å². The maximum absolute atomic E-state index is 12.9. The van der Waals surface area contributed by atoms with E-state index in [4.69, 9.17) is 4.74 Å². The second kappa shape index (κ2) is 6.22. The zero-order chi connectivity index (χ0) is 15.5. The van der Waals surface area contributed by atoms with Crippen LogP contribution in [0.3, 0.4) is 0 Å². The Bertz CT molecular complexity index is 653. The van der Waals surface area contributed by atoms with Gasteiger partial charge in [-0.3, -0.25) is 4.79 Å². The molecule has 1 saturated heterocycles. The van der Waals surface area contributed by atoms with Crippen molar-refractivity contribution in [2.24, 2.45) is 0 Å². The van der Waals surface area contributed by atoms with Gasteiger partial charge in [-0.1, -0.05) is 42.5 Å². The summed E-state index contributed by atoms with van der Waals surface area (Å²) in [6, 6.07) is 18.1. The Hall–Kier alpha value is -2.29. The summed E-state index contributed by atoms with van der Waals surface area (Å²) in [5.74, 6) is 1.10. The summed E-state index contributed by atoms with van der Waals surface area (Å²) < 4.78 is 5.33. The van der Waals surface area contributed by atoms with Gasteiger partial charge in [0.15, 0.2) is 0 Å². The molecule has 0 saturated carbocycles. The van der Waals surface area contributed by atoms with E-state index >= 15 is 0 Å². The number of rotatable bonds is 3. The van der Waals surface area contributed by atoms with E-state index in [2.05, 4.69) is 31.2 Å². The number of likely N-dealkylation sites (tertiary alicyclic amines) is 1. The molecule has 0 aliphatic carbocycles. The van der Waals surface area contributed by atoms with Gasteiger partial charge >= 0.3 is 0 Å². The Labute approximate surface area is 131 Å². The molecular weight excluding hydrogens is 274 g/mol. The standard InChI is InChI=1S/C19H21NO2/c1-14-16(15-8-4-3-5-9-15)12-13-20(14)19(21)17-10-6-7-11-18(17)22-2/h3-11,14,16H,12-13H2,1-2H3. The lowest BCUT2D eigenvalue weighted by Gasteiger charge is -2.25. The maximum Gasteiger partial charge on any atom is 0.257 e. The van der Waals surface area contributed by atoms with Gasteiger partial charge in [-0.25, -0.2) is 0 Å². The highest BCUT2D eigenvalue weighted by molar-refractivity contribution is 5.97. The fourth-order valence-corrected chi connectivity index (χ4v) is 3.35. The van der Waals surface area contributed by atoms with Crippen LogP contribution in [0.5, 0.6) is 5.75 Å². The lowest BCUT2D eigenvalue weighted by Crippen LogP contribution is -2.35. The van der Waals surface area contributed by atoms with Gasteiger partial charge in [0.05, 0.1) is 12.7 Å². The summed E-state index contributed by atoms with van der Waals surface area (Å²) in [4.78, 5) is 14.8. The Morgan fingerprint density at radius 3 is 2.50 bits per heavy atom. The van der Waals surface area contributed by atoms with Crippen molar-refractivity contribution in [3.63, 3.8) is 0 Å². The monoisotopic (exact) mass is 295 g/mol. The van der Waals surface area contributed by atoms with Crippen molar-refractivity contribution >= 4 is 5.91 Å². The predicted octanol–water partition coefficient (Wildman–Crippen LogP) is 3.71. The summed E-state index contributed by atoms with van der Waals surface area (Å²) >= 11 is 0. The van der Waals surface area contributed by atoms with Crippen LogP contribution in [0.1, 0.15) is 35.2 Å². The maximum atomic E-state index is 12.9. The number of benzene rings is 2. The molecule has 1 fully saturated rings. The molecule has 22 heavy (non-hydrogen) atoms. The highest BCUT2D eigenvalue weighted by Crippen LogP contribution is 2.35. The van der Waals surface area contributed by atoms with Crippen LogP contribution >= 0.6 is 0 Å². The minimum atomic E-state index is 0.0587. The number of methoxy groups -OCH3 is 1. The summed E-state index contributed by atoms with van der Waals surface area (Å²) in [7, 11) is 1.60. The summed E-state index contributed by atoms with van der Waals surface area (Å²) in [6.07, 6.45) is 1.01. The second-order valence-electron chi connectivity index (χ2n) is 5.75. The van der Waals surface area contributed by atoms with Crippen molar-refractivity contribution in [3.8, 4) is 5.75 Å². The van der Waals surface area contributed by atoms with Crippen LogP contribution in [0.4, 0.5) is 0 Å². The van der Waals surface area contributed by atoms with Crippen LogP contribution in [0.25, 0.3) is 0 Å². The van der Waals surface area contributed by atoms with Gasteiger partial charge in [-0.15, -0.1) is 0 Å². The zero-order valence-corrected chi connectivity index (χ0v) is 13.0. The predicted molar refractivity (Wildman–Crippen MR) is 87.3 cm³/mol. The molecule has 114 valence electrons. The molecule has 0 aromatic heterocycles. The highest BCUT2D eigenvalue weighted by atomic mass is 16.5. The van der Waals surface area contributed by atoms with Crippen LogP contribution in [-0.4, -0.2) is 30.5 Å². The van der Waals surface area contributed by atoms with E-state index in [9.17, 15) is 4.79 Å². The Morgan fingerprint density at radius 1 is 1.09 bits per heavy atom. The first-order valence-corrected chi connectivity index (χ1v) is 7.71. The van der Waals surface area contributed by atoms with Crippen LogP contribution in [-0.2, 0) is 0 Å².